The number of hydrogen-bond donors (Lipinski definition) is 2. The van der Waals surface area contributed by atoms with Gasteiger partial charge in [-0.3, -0.25) is 4.68 Å². The first kappa shape index (κ1) is 18.0. The quantitative estimate of drug-likeness (QED) is 0.540. The lowest BCUT2D eigenvalue weighted by Crippen LogP contribution is -2.19. The van der Waals surface area contributed by atoms with Gasteiger partial charge >= 0.3 is 0 Å². The molecule has 1 aromatic heterocycles. The fraction of sp³-hybridized carbons (Fsp3) is 0.0588. The van der Waals surface area contributed by atoms with Crippen LogP contribution in [0, 0.1) is 0 Å². The number of halogens is 3. The van der Waals surface area contributed by atoms with Crippen molar-refractivity contribution in [3.05, 3.63) is 75.4 Å². The second-order valence-electron chi connectivity index (χ2n) is 5.23. The van der Waals surface area contributed by atoms with Crippen molar-refractivity contribution in [2.45, 2.75) is 6.54 Å². The monoisotopic (exact) mass is 410 g/mol. The van der Waals surface area contributed by atoms with Crippen molar-refractivity contribution < 1.29 is 0 Å². The van der Waals surface area contributed by atoms with Crippen molar-refractivity contribution in [3.8, 4) is 0 Å². The maximum absolute atomic E-state index is 6.12. The molecule has 0 spiro atoms. The van der Waals surface area contributed by atoms with E-state index in [4.69, 9.17) is 47.0 Å². The van der Waals surface area contributed by atoms with Crippen molar-refractivity contribution in [2.24, 2.45) is 0 Å². The van der Waals surface area contributed by atoms with Gasteiger partial charge in [0.05, 0.1) is 17.3 Å². The SMILES string of the molecule is S=C(Nc1ccn(Cc2ccc(Cl)cc2)n1)Nc1ccc(Cl)cc1Cl. The average Bonchev–Trinajstić information content (AvgIpc) is 2.99. The van der Waals surface area contributed by atoms with Crippen LogP contribution < -0.4 is 10.6 Å². The first-order valence-electron chi connectivity index (χ1n) is 7.30. The normalized spacial score (nSPS) is 10.5. The highest BCUT2D eigenvalue weighted by atomic mass is 35.5. The summed E-state index contributed by atoms with van der Waals surface area (Å²) < 4.78 is 1.81. The molecule has 4 nitrogen and oxygen atoms in total. The summed E-state index contributed by atoms with van der Waals surface area (Å²) in [7, 11) is 0. The molecule has 0 unspecified atom stereocenters. The zero-order chi connectivity index (χ0) is 17.8. The lowest BCUT2D eigenvalue weighted by atomic mass is 10.2. The summed E-state index contributed by atoms with van der Waals surface area (Å²) in [6, 6.07) is 14.6. The zero-order valence-corrected chi connectivity index (χ0v) is 15.9. The number of hydrogen-bond acceptors (Lipinski definition) is 2. The summed E-state index contributed by atoms with van der Waals surface area (Å²) >= 11 is 23.2. The smallest absolute Gasteiger partial charge is 0.176 e. The van der Waals surface area contributed by atoms with E-state index in [1.165, 1.54) is 0 Å². The fourth-order valence-electron chi connectivity index (χ4n) is 2.15. The van der Waals surface area contributed by atoms with Gasteiger partial charge in [0.2, 0.25) is 0 Å². The Morgan fingerprint density at radius 2 is 1.68 bits per heavy atom. The van der Waals surface area contributed by atoms with E-state index in [0.717, 1.165) is 5.56 Å². The van der Waals surface area contributed by atoms with Crippen molar-refractivity contribution in [1.29, 1.82) is 0 Å². The van der Waals surface area contributed by atoms with Crippen molar-refractivity contribution in [2.75, 3.05) is 10.6 Å². The summed E-state index contributed by atoms with van der Waals surface area (Å²) in [5.41, 5.74) is 1.77. The van der Waals surface area contributed by atoms with Crippen molar-refractivity contribution in [3.63, 3.8) is 0 Å². The van der Waals surface area contributed by atoms with E-state index in [1.807, 2.05) is 41.2 Å². The maximum Gasteiger partial charge on any atom is 0.176 e. The number of nitrogens with zero attached hydrogens (tertiary/aromatic N) is 2. The molecule has 0 amide bonds. The highest BCUT2D eigenvalue weighted by Crippen LogP contribution is 2.25. The van der Waals surface area contributed by atoms with Crippen LogP contribution in [0.3, 0.4) is 0 Å². The van der Waals surface area contributed by atoms with Gasteiger partial charge in [-0.15, -0.1) is 0 Å². The second kappa shape index (κ2) is 8.06. The van der Waals surface area contributed by atoms with E-state index in [0.29, 0.717) is 38.2 Å². The van der Waals surface area contributed by atoms with Gasteiger partial charge in [0.25, 0.3) is 0 Å². The Labute approximate surface area is 165 Å². The molecule has 128 valence electrons. The summed E-state index contributed by atoms with van der Waals surface area (Å²) in [5.74, 6) is 0.636. The molecule has 0 aliphatic heterocycles. The molecule has 0 bridgehead atoms. The molecule has 2 N–H and O–H groups in total. The highest BCUT2D eigenvalue weighted by Gasteiger charge is 2.06. The van der Waals surface area contributed by atoms with Gasteiger partial charge in [-0.05, 0) is 48.1 Å². The molecule has 0 aliphatic rings. The van der Waals surface area contributed by atoms with Crippen molar-refractivity contribution >= 4 is 63.6 Å². The van der Waals surface area contributed by atoms with E-state index in [1.54, 1.807) is 18.2 Å². The van der Waals surface area contributed by atoms with Gasteiger partial charge in [-0.25, -0.2) is 0 Å². The highest BCUT2D eigenvalue weighted by molar-refractivity contribution is 7.80. The van der Waals surface area contributed by atoms with E-state index in [2.05, 4.69) is 15.7 Å². The third kappa shape index (κ3) is 5.09. The van der Waals surface area contributed by atoms with E-state index < -0.39 is 0 Å². The second-order valence-corrected chi connectivity index (χ2v) is 6.92. The Bertz CT molecular complexity index is 893. The molecule has 0 atom stereocenters. The van der Waals surface area contributed by atoms with Crippen LogP contribution in [0.1, 0.15) is 5.56 Å². The van der Waals surface area contributed by atoms with Crippen LogP contribution in [0.15, 0.2) is 54.7 Å². The average molecular weight is 412 g/mol. The minimum atomic E-state index is 0.390. The van der Waals surface area contributed by atoms with E-state index in [-0.39, 0.29) is 0 Å². The molecular weight excluding hydrogens is 399 g/mol. The predicted octanol–water partition coefficient (Wildman–Crippen LogP) is 5.70. The van der Waals surface area contributed by atoms with Gasteiger partial charge < -0.3 is 10.6 Å². The molecule has 8 heteroatoms. The number of anilines is 2. The summed E-state index contributed by atoms with van der Waals surface area (Å²) in [6.45, 7) is 0.641. The molecule has 0 radical (unpaired) electrons. The number of thiocarbonyl (C=S) groups is 1. The van der Waals surface area contributed by atoms with Crippen LogP contribution in [-0.4, -0.2) is 14.9 Å². The number of rotatable bonds is 4. The number of nitrogens with one attached hydrogen (secondary N) is 2. The molecule has 0 saturated heterocycles. The summed E-state index contributed by atoms with van der Waals surface area (Å²) in [6.07, 6.45) is 1.87. The van der Waals surface area contributed by atoms with Gasteiger partial charge in [0.1, 0.15) is 0 Å². The Morgan fingerprint density at radius 1 is 0.960 bits per heavy atom. The van der Waals surface area contributed by atoms with Gasteiger partial charge in [-0.2, -0.15) is 5.10 Å². The minimum Gasteiger partial charge on any atom is -0.331 e. The lowest BCUT2D eigenvalue weighted by molar-refractivity contribution is 0.690. The minimum absolute atomic E-state index is 0.390. The maximum atomic E-state index is 6.12. The van der Waals surface area contributed by atoms with Crippen LogP contribution >= 0.6 is 47.0 Å². The first-order chi connectivity index (χ1) is 12.0. The predicted molar refractivity (Wildman–Crippen MR) is 109 cm³/mol. The Hall–Kier alpha value is -1.79. The molecule has 0 saturated carbocycles. The van der Waals surface area contributed by atoms with Gasteiger partial charge in [0, 0.05) is 22.3 Å². The van der Waals surface area contributed by atoms with Gasteiger partial charge in [-0.1, -0.05) is 46.9 Å². The number of benzene rings is 2. The standard InChI is InChI=1S/C17H13Cl3N4S/c18-12-3-1-11(2-4-12)10-24-8-7-16(23-24)22-17(25)21-15-6-5-13(19)9-14(15)20/h1-9H,10H2,(H2,21,22,23,25). The van der Waals surface area contributed by atoms with Crippen LogP contribution in [0.25, 0.3) is 0 Å². The van der Waals surface area contributed by atoms with E-state index in [9.17, 15) is 0 Å². The molecule has 3 aromatic rings. The Morgan fingerprint density at radius 3 is 2.40 bits per heavy atom. The van der Waals surface area contributed by atoms with Crippen LogP contribution in [-0.2, 0) is 6.54 Å². The van der Waals surface area contributed by atoms with Crippen molar-refractivity contribution in [1.82, 2.24) is 9.78 Å². The van der Waals surface area contributed by atoms with Crippen LogP contribution in [0.4, 0.5) is 11.5 Å². The third-order valence-corrected chi connectivity index (χ3v) is 4.32. The first-order valence-corrected chi connectivity index (χ1v) is 8.85. The fourth-order valence-corrected chi connectivity index (χ4v) is 2.95. The zero-order valence-electron chi connectivity index (χ0n) is 12.8. The lowest BCUT2D eigenvalue weighted by Gasteiger charge is -2.10. The van der Waals surface area contributed by atoms with Crippen LogP contribution in [0.5, 0.6) is 0 Å². The Kier molecular flexibility index (Phi) is 5.81. The third-order valence-electron chi connectivity index (χ3n) is 3.32. The molecule has 0 aliphatic carbocycles. The summed E-state index contributed by atoms with van der Waals surface area (Å²) in [4.78, 5) is 0. The molecule has 3 rings (SSSR count). The summed E-state index contributed by atoms with van der Waals surface area (Å²) in [5, 5.41) is 12.6. The van der Waals surface area contributed by atoms with Crippen LogP contribution in [0.2, 0.25) is 15.1 Å². The Balaban J connectivity index is 1.60. The molecule has 25 heavy (non-hydrogen) atoms. The van der Waals surface area contributed by atoms with E-state index >= 15 is 0 Å². The molecule has 2 aromatic carbocycles. The molecule has 0 fully saturated rings. The largest absolute Gasteiger partial charge is 0.331 e. The topological polar surface area (TPSA) is 41.9 Å². The number of aromatic nitrogens is 2. The molecular formula is C17H13Cl3N4S. The molecule has 1 heterocycles. The van der Waals surface area contributed by atoms with Gasteiger partial charge in [0.15, 0.2) is 10.9 Å².